The summed E-state index contributed by atoms with van der Waals surface area (Å²) in [6, 6.07) is 5.48. The van der Waals surface area contributed by atoms with E-state index in [4.69, 9.17) is 21.7 Å². The monoisotopic (exact) mass is 421 g/mol. The molecule has 3 heterocycles. The molecule has 27 heavy (non-hydrogen) atoms. The third kappa shape index (κ3) is 4.12. The average molecular weight is 422 g/mol. The van der Waals surface area contributed by atoms with Crippen LogP contribution in [0.4, 0.5) is 0 Å². The summed E-state index contributed by atoms with van der Waals surface area (Å²) in [6.45, 7) is 1.17. The van der Waals surface area contributed by atoms with E-state index < -0.39 is 0 Å². The van der Waals surface area contributed by atoms with Gasteiger partial charge in [0.25, 0.3) is 5.91 Å². The number of carbonyl (C=O) groups is 2. The minimum absolute atomic E-state index is 0.169. The SMILES string of the molecule is O=C(CCN1C(=O)C(=Cc2ccc3c(c2)OCO3)SC1=S)NC1=NCCS1. The fourth-order valence-electron chi connectivity index (χ4n) is 2.65. The molecule has 0 aliphatic carbocycles. The zero-order chi connectivity index (χ0) is 18.8. The minimum atomic E-state index is -0.192. The highest BCUT2D eigenvalue weighted by Gasteiger charge is 2.32. The highest BCUT2D eigenvalue weighted by atomic mass is 32.2. The van der Waals surface area contributed by atoms with E-state index in [1.54, 1.807) is 6.08 Å². The quantitative estimate of drug-likeness (QED) is 0.590. The smallest absolute Gasteiger partial charge is 0.266 e. The van der Waals surface area contributed by atoms with E-state index in [1.807, 2.05) is 18.2 Å². The van der Waals surface area contributed by atoms with E-state index in [0.29, 0.717) is 25.9 Å². The Morgan fingerprint density at radius 3 is 3.04 bits per heavy atom. The van der Waals surface area contributed by atoms with Crippen molar-refractivity contribution < 1.29 is 19.1 Å². The minimum Gasteiger partial charge on any atom is -0.454 e. The summed E-state index contributed by atoms with van der Waals surface area (Å²) in [5.41, 5.74) is 0.828. The van der Waals surface area contributed by atoms with Gasteiger partial charge in [-0.05, 0) is 23.8 Å². The summed E-state index contributed by atoms with van der Waals surface area (Å²) < 4.78 is 11.1. The first-order valence-corrected chi connectivity index (χ1v) is 10.4. The van der Waals surface area contributed by atoms with Crippen LogP contribution in [0, 0.1) is 0 Å². The maximum atomic E-state index is 12.6. The number of rotatable bonds is 4. The standard InChI is InChI=1S/C17H15N3O4S3/c21-14(19-16-18-4-6-26-16)3-5-20-15(22)13(27-17(20)25)8-10-1-2-11-12(7-10)24-9-23-11/h1-2,7-8H,3-6,9H2,(H,18,19,21). The molecule has 1 aromatic carbocycles. The summed E-state index contributed by atoms with van der Waals surface area (Å²) in [5.74, 6) is 1.87. The lowest BCUT2D eigenvalue weighted by molar-refractivity contribution is -0.123. The Bertz CT molecular complexity index is 884. The Morgan fingerprint density at radius 1 is 1.37 bits per heavy atom. The molecule has 7 nitrogen and oxygen atoms in total. The lowest BCUT2D eigenvalue weighted by atomic mass is 10.2. The van der Waals surface area contributed by atoms with Gasteiger partial charge in [-0.3, -0.25) is 19.5 Å². The van der Waals surface area contributed by atoms with Crippen molar-refractivity contribution in [3.05, 3.63) is 28.7 Å². The molecule has 4 rings (SSSR count). The highest BCUT2D eigenvalue weighted by Crippen LogP contribution is 2.36. The van der Waals surface area contributed by atoms with Gasteiger partial charge in [0, 0.05) is 18.7 Å². The van der Waals surface area contributed by atoms with Crippen LogP contribution in [0.15, 0.2) is 28.1 Å². The molecule has 0 radical (unpaired) electrons. The van der Waals surface area contributed by atoms with Crippen LogP contribution in [0.3, 0.4) is 0 Å². The van der Waals surface area contributed by atoms with Crippen molar-refractivity contribution in [3.8, 4) is 11.5 Å². The molecular weight excluding hydrogens is 406 g/mol. The van der Waals surface area contributed by atoms with Crippen LogP contribution in [-0.4, -0.2) is 51.8 Å². The molecule has 3 aliphatic heterocycles. The predicted octanol–water partition coefficient (Wildman–Crippen LogP) is 2.23. The van der Waals surface area contributed by atoms with Gasteiger partial charge < -0.3 is 14.8 Å². The predicted molar refractivity (Wildman–Crippen MR) is 110 cm³/mol. The molecule has 10 heteroatoms. The summed E-state index contributed by atoms with van der Waals surface area (Å²) in [7, 11) is 0. The van der Waals surface area contributed by atoms with E-state index in [2.05, 4.69) is 10.3 Å². The zero-order valence-corrected chi connectivity index (χ0v) is 16.5. The summed E-state index contributed by atoms with van der Waals surface area (Å²) in [6.07, 6.45) is 1.94. The van der Waals surface area contributed by atoms with Crippen molar-refractivity contribution in [3.63, 3.8) is 0 Å². The number of thiocarbonyl (C=S) groups is 1. The normalized spacial score (nSPS) is 19.8. The second-order valence-corrected chi connectivity index (χ2v) is 8.54. The van der Waals surface area contributed by atoms with Gasteiger partial charge in [-0.25, -0.2) is 0 Å². The first-order valence-electron chi connectivity index (χ1n) is 8.22. The molecule has 140 valence electrons. The van der Waals surface area contributed by atoms with Crippen LogP contribution < -0.4 is 14.8 Å². The maximum absolute atomic E-state index is 12.6. The number of nitrogens with one attached hydrogen (secondary N) is 1. The molecule has 0 spiro atoms. The molecule has 1 fully saturated rings. The van der Waals surface area contributed by atoms with E-state index in [0.717, 1.165) is 17.9 Å². The van der Waals surface area contributed by atoms with Gasteiger partial charge in [-0.1, -0.05) is 41.8 Å². The molecule has 0 unspecified atom stereocenters. The molecule has 0 saturated carbocycles. The first kappa shape index (κ1) is 18.3. The van der Waals surface area contributed by atoms with Crippen molar-refractivity contribution in [1.82, 2.24) is 10.2 Å². The van der Waals surface area contributed by atoms with E-state index >= 15 is 0 Å². The van der Waals surface area contributed by atoms with Crippen molar-refractivity contribution in [1.29, 1.82) is 0 Å². The molecule has 1 N–H and O–H groups in total. The number of fused-ring (bicyclic) bond motifs is 1. The lowest BCUT2D eigenvalue weighted by Gasteiger charge is -2.13. The maximum Gasteiger partial charge on any atom is 0.266 e. The van der Waals surface area contributed by atoms with Crippen molar-refractivity contribution >= 4 is 63.1 Å². The van der Waals surface area contributed by atoms with E-state index in [-0.39, 0.29) is 31.6 Å². The number of hydrogen-bond acceptors (Lipinski definition) is 8. The van der Waals surface area contributed by atoms with E-state index in [9.17, 15) is 9.59 Å². The van der Waals surface area contributed by atoms with Crippen molar-refractivity contribution in [2.24, 2.45) is 4.99 Å². The van der Waals surface area contributed by atoms with Gasteiger partial charge in [-0.2, -0.15) is 0 Å². The number of aliphatic imine (C=N–C) groups is 1. The van der Waals surface area contributed by atoms with Crippen LogP contribution in [0.2, 0.25) is 0 Å². The molecule has 0 bridgehead atoms. The molecule has 2 amide bonds. The van der Waals surface area contributed by atoms with Crippen LogP contribution >= 0.6 is 35.7 Å². The number of hydrogen-bond donors (Lipinski definition) is 1. The third-order valence-electron chi connectivity index (χ3n) is 3.96. The number of nitrogens with zero attached hydrogens (tertiary/aromatic N) is 2. The number of thioether (sulfide) groups is 2. The Kier molecular flexibility index (Phi) is 5.37. The van der Waals surface area contributed by atoms with Crippen LogP contribution in [0.1, 0.15) is 12.0 Å². The Balaban J connectivity index is 1.38. The molecule has 1 saturated heterocycles. The Labute approximate surface area is 169 Å². The summed E-state index contributed by atoms with van der Waals surface area (Å²) >= 11 is 8.06. The molecule has 0 atom stereocenters. The fourth-order valence-corrected chi connectivity index (χ4v) is 4.71. The molecule has 0 aromatic heterocycles. The Hall–Kier alpha value is -2.04. The van der Waals surface area contributed by atoms with Gasteiger partial charge >= 0.3 is 0 Å². The number of benzene rings is 1. The third-order valence-corrected chi connectivity index (χ3v) is 6.23. The second-order valence-electron chi connectivity index (χ2n) is 5.78. The van der Waals surface area contributed by atoms with Crippen molar-refractivity contribution in [2.45, 2.75) is 6.42 Å². The van der Waals surface area contributed by atoms with E-state index in [1.165, 1.54) is 28.4 Å². The molecule has 1 aromatic rings. The van der Waals surface area contributed by atoms with Gasteiger partial charge in [0.15, 0.2) is 16.7 Å². The van der Waals surface area contributed by atoms with Crippen LogP contribution in [0.25, 0.3) is 6.08 Å². The number of carbonyl (C=O) groups excluding carboxylic acids is 2. The second kappa shape index (κ2) is 7.91. The van der Waals surface area contributed by atoms with Gasteiger partial charge in [0.2, 0.25) is 12.7 Å². The number of amidine groups is 1. The zero-order valence-electron chi connectivity index (χ0n) is 14.1. The first-order chi connectivity index (χ1) is 13.1. The van der Waals surface area contributed by atoms with Crippen LogP contribution in [0.5, 0.6) is 11.5 Å². The summed E-state index contributed by atoms with van der Waals surface area (Å²) in [5, 5.41) is 3.40. The average Bonchev–Trinajstić information content (AvgIpc) is 3.36. The number of ether oxygens (including phenoxy) is 2. The topological polar surface area (TPSA) is 80.2 Å². The highest BCUT2D eigenvalue weighted by molar-refractivity contribution is 8.26. The Morgan fingerprint density at radius 2 is 2.22 bits per heavy atom. The number of amides is 2. The van der Waals surface area contributed by atoms with Gasteiger partial charge in [0.1, 0.15) is 4.32 Å². The fraction of sp³-hybridized carbons (Fsp3) is 0.294. The largest absolute Gasteiger partial charge is 0.454 e. The van der Waals surface area contributed by atoms with Crippen molar-refractivity contribution in [2.75, 3.05) is 25.6 Å². The van der Waals surface area contributed by atoms with Gasteiger partial charge in [0.05, 0.1) is 11.4 Å². The molecule has 3 aliphatic rings. The lowest BCUT2D eigenvalue weighted by Crippen LogP contribution is -2.34. The molecular formula is C17H15N3O4S3. The van der Waals surface area contributed by atoms with Gasteiger partial charge in [-0.15, -0.1) is 0 Å². The summed E-state index contributed by atoms with van der Waals surface area (Å²) in [4.78, 5) is 30.8. The van der Waals surface area contributed by atoms with Crippen LogP contribution in [-0.2, 0) is 9.59 Å².